The summed E-state index contributed by atoms with van der Waals surface area (Å²) in [5, 5.41) is 2.44. The number of fused-ring (bicyclic) bond motifs is 5. The fourth-order valence-electron chi connectivity index (χ4n) is 4.46. The maximum atomic E-state index is 13.3. The number of anilines is 1. The van der Waals surface area contributed by atoms with Crippen molar-refractivity contribution in [1.29, 1.82) is 0 Å². The van der Waals surface area contributed by atoms with E-state index in [9.17, 15) is 14.4 Å². The standard InChI is InChI=1S/C20H22N2O3/c1-10-9-13-14-15(19(25)21-18(14)24)16(17(23)20(2,3)4)22(13)12-8-6-5-7-11(10)12/h5-9,13-16H,1-4H3,(H,21,24,25). The van der Waals surface area contributed by atoms with Gasteiger partial charge in [-0.15, -0.1) is 0 Å². The highest BCUT2D eigenvalue weighted by Gasteiger charge is 2.62. The Hall–Kier alpha value is -2.43. The van der Waals surface area contributed by atoms with Gasteiger partial charge in [0.2, 0.25) is 11.8 Å². The highest BCUT2D eigenvalue weighted by Crippen LogP contribution is 2.49. The second-order valence-corrected chi connectivity index (χ2v) is 8.23. The summed E-state index contributed by atoms with van der Waals surface area (Å²) in [7, 11) is 0. The molecule has 1 aromatic rings. The topological polar surface area (TPSA) is 66.5 Å². The zero-order valence-electron chi connectivity index (χ0n) is 14.9. The first-order chi connectivity index (χ1) is 11.7. The number of carbonyl (C=O) groups excluding carboxylic acids is 3. The summed E-state index contributed by atoms with van der Waals surface area (Å²) >= 11 is 0. The molecule has 0 aliphatic carbocycles. The Bertz CT molecular complexity index is 834. The molecular formula is C20H22N2O3. The number of Topliss-reactive ketones (excluding diaryl/α,β-unsaturated/α-hetero) is 1. The van der Waals surface area contributed by atoms with E-state index >= 15 is 0 Å². The number of nitrogens with zero attached hydrogens (tertiary/aromatic N) is 1. The van der Waals surface area contributed by atoms with E-state index in [1.54, 1.807) is 0 Å². The fourth-order valence-corrected chi connectivity index (χ4v) is 4.46. The number of hydrogen-bond acceptors (Lipinski definition) is 4. The van der Waals surface area contributed by atoms with E-state index < -0.39 is 23.3 Å². The van der Waals surface area contributed by atoms with Crippen LogP contribution in [0.3, 0.4) is 0 Å². The highest BCUT2D eigenvalue weighted by atomic mass is 16.2. The molecule has 2 fully saturated rings. The van der Waals surface area contributed by atoms with E-state index in [0.717, 1.165) is 16.8 Å². The predicted octanol–water partition coefficient (Wildman–Crippen LogP) is 2.16. The van der Waals surface area contributed by atoms with Gasteiger partial charge >= 0.3 is 0 Å². The van der Waals surface area contributed by atoms with E-state index in [1.165, 1.54) is 0 Å². The quantitative estimate of drug-likeness (QED) is 0.797. The lowest BCUT2D eigenvalue weighted by atomic mass is 9.79. The number of imide groups is 1. The lowest BCUT2D eigenvalue weighted by Gasteiger charge is -2.39. The Balaban J connectivity index is 1.93. The third-order valence-corrected chi connectivity index (χ3v) is 5.60. The average Bonchev–Trinajstić information content (AvgIpc) is 3.02. The molecule has 4 atom stereocenters. The van der Waals surface area contributed by atoms with Crippen LogP contribution < -0.4 is 10.2 Å². The van der Waals surface area contributed by atoms with Gasteiger partial charge in [0.25, 0.3) is 0 Å². The van der Waals surface area contributed by atoms with Gasteiger partial charge in [-0.05, 0) is 18.6 Å². The van der Waals surface area contributed by atoms with Crippen LogP contribution >= 0.6 is 0 Å². The second-order valence-electron chi connectivity index (χ2n) is 8.23. The zero-order valence-corrected chi connectivity index (χ0v) is 14.9. The Morgan fingerprint density at radius 1 is 1.08 bits per heavy atom. The van der Waals surface area contributed by atoms with Crippen molar-refractivity contribution < 1.29 is 14.4 Å². The fraction of sp³-hybridized carbons (Fsp3) is 0.450. The molecule has 0 aromatic heterocycles. The number of nitrogens with one attached hydrogen (secondary N) is 1. The summed E-state index contributed by atoms with van der Waals surface area (Å²) in [4.78, 5) is 40.2. The van der Waals surface area contributed by atoms with Crippen LogP contribution in [0.1, 0.15) is 33.3 Å². The monoisotopic (exact) mass is 338 g/mol. The SMILES string of the molecule is CC1=CC2C3C(=O)NC(=O)C3C(C(=O)C(C)(C)C)N2c2ccccc21. The van der Waals surface area contributed by atoms with Crippen molar-refractivity contribution in [3.8, 4) is 0 Å². The van der Waals surface area contributed by atoms with Gasteiger partial charge in [0.05, 0.1) is 17.9 Å². The van der Waals surface area contributed by atoms with Gasteiger partial charge in [0, 0.05) is 16.7 Å². The van der Waals surface area contributed by atoms with E-state index in [1.807, 2.05) is 62.9 Å². The molecule has 25 heavy (non-hydrogen) atoms. The van der Waals surface area contributed by atoms with Crippen LogP contribution in [0.5, 0.6) is 0 Å². The van der Waals surface area contributed by atoms with Crippen molar-refractivity contribution >= 4 is 28.9 Å². The summed E-state index contributed by atoms with van der Waals surface area (Å²) in [5.74, 6) is -1.72. The maximum Gasteiger partial charge on any atom is 0.233 e. The van der Waals surface area contributed by atoms with Gasteiger partial charge in [0.1, 0.15) is 6.04 Å². The normalized spacial score (nSPS) is 30.4. The number of ketones is 1. The number of hydrogen-bond donors (Lipinski definition) is 1. The number of allylic oxidation sites excluding steroid dienone is 1. The van der Waals surface area contributed by atoms with Gasteiger partial charge in [-0.3, -0.25) is 19.7 Å². The van der Waals surface area contributed by atoms with E-state index in [0.29, 0.717) is 0 Å². The third kappa shape index (κ3) is 2.11. The molecule has 1 aromatic carbocycles. The van der Waals surface area contributed by atoms with Crippen LogP contribution in [-0.4, -0.2) is 29.7 Å². The Morgan fingerprint density at radius 3 is 2.40 bits per heavy atom. The Labute approximate surface area is 147 Å². The van der Waals surface area contributed by atoms with Crippen molar-refractivity contribution in [2.24, 2.45) is 17.3 Å². The Morgan fingerprint density at radius 2 is 1.72 bits per heavy atom. The zero-order chi connectivity index (χ0) is 18.1. The number of amides is 2. The van der Waals surface area contributed by atoms with E-state index in [2.05, 4.69) is 5.32 Å². The van der Waals surface area contributed by atoms with Gasteiger partial charge in [0.15, 0.2) is 5.78 Å². The first-order valence-electron chi connectivity index (χ1n) is 8.67. The molecule has 130 valence electrons. The molecule has 3 aliphatic rings. The lowest BCUT2D eigenvalue weighted by molar-refractivity contribution is -0.132. The van der Waals surface area contributed by atoms with Gasteiger partial charge in [-0.1, -0.05) is 45.0 Å². The van der Waals surface area contributed by atoms with Crippen molar-refractivity contribution in [2.45, 2.75) is 39.8 Å². The molecule has 3 heterocycles. The van der Waals surface area contributed by atoms with Crippen LogP contribution in [0.2, 0.25) is 0 Å². The molecule has 5 nitrogen and oxygen atoms in total. The van der Waals surface area contributed by atoms with Crippen molar-refractivity contribution in [1.82, 2.24) is 5.32 Å². The minimum absolute atomic E-state index is 0.00222. The largest absolute Gasteiger partial charge is 0.353 e. The number of para-hydroxylation sites is 1. The van der Waals surface area contributed by atoms with Crippen LogP contribution in [0.25, 0.3) is 5.57 Å². The average molecular weight is 338 g/mol. The Kier molecular flexibility index (Phi) is 3.24. The van der Waals surface area contributed by atoms with Crippen LogP contribution in [-0.2, 0) is 14.4 Å². The molecule has 2 saturated heterocycles. The smallest absolute Gasteiger partial charge is 0.233 e. The van der Waals surface area contributed by atoms with Crippen LogP contribution in [0.15, 0.2) is 30.3 Å². The predicted molar refractivity (Wildman–Crippen MR) is 94.7 cm³/mol. The van der Waals surface area contributed by atoms with Crippen molar-refractivity contribution in [3.05, 3.63) is 35.9 Å². The second kappa shape index (κ2) is 5.04. The summed E-state index contributed by atoms with van der Waals surface area (Å²) in [5.41, 5.74) is 2.47. The maximum absolute atomic E-state index is 13.3. The molecule has 5 heteroatoms. The molecule has 1 N–H and O–H groups in total. The summed E-state index contributed by atoms with van der Waals surface area (Å²) in [6.45, 7) is 7.61. The number of rotatable bonds is 1. The molecule has 0 saturated carbocycles. The molecular weight excluding hydrogens is 316 g/mol. The van der Waals surface area contributed by atoms with Crippen LogP contribution in [0.4, 0.5) is 5.69 Å². The van der Waals surface area contributed by atoms with Crippen LogP contribution in [0, 0.1) is 17.3 Å². The van der Waals surface area contributed by atoms with E-state index in [-0.39, 0.29) is 23.6 Å². The van der Waals surface area contributed by atoms with Gasteiger partial charge < -0.3 is 4.90 Å². The number of carbonyl (C=O) groups is 3. The minimum Gasteiger partial charge on any atom is -0.353 e. The summed E-state index contributed by atoms with van der Waals surface area (Å²) in [6.07, 6.45) is 2.04. The lowest BCUT2D eigenvalue weighted by Crippen LogP contribution is -2.51. The van der Waals surface area contributed by atoms with Gasteiger partial charge in [-0.2, -0.15) is 0 Å². The first-order valence-corrected chi connectivity index (χ1v) is 8.67. The molecule has 0 radical (unpaired) electrons. The summed E-state index contributed by atoms with van der Waals surface area (Å²) < 4.78 is 0. The van der Waals surface area contributed by atoms with Gasteiger partial charge in [-0.25, -0.2) is 0 Å². The van der Waals surface area contributed by atoms with Crippen molar-refractivity contribution in [2.75, 3.05) is 4.90 Å². The van der Waals surface area contributed by atoms with Crippen molar-refractivity contribution in [3.63, 3.8) is 0 Å². The molecule has 4 rings (SSSR count). The molecule has 4 unspecified atom stereocenters. The first kappa shape index (κ1) is 16.1. The third-order valence-electron chi connectivity index (χ3n) is 5.60. The summed E-state index contributed by atoms with van der Waals surface area (Å²) in [6, 6.07) is 7.02. The molecule has 2 amide bonds. The van der Waals surface area contributed by atoms with E-state index in [4.69, 9.17) is 0 Å². The highest BCUT2D eigenvalue weighted by molar-refractivity contribution is 6.12. The minimum atomic E-state index is -0.626. The molecule has 0 bridgehead atoms. The molecule has 0 spiro atoms. The number of benzene rings is 1. The molecule has 3 aliphatic heterocycles.